The van der Waals surface area contributed by atoms with Gasteiger partial charge in [0.15, 0.2) is 0 Å². The number of hydrazone groups is 1. The van der Waals surface area contributed by atoms with Gasteiger partial charge in [0, 0.05) is 11.6 Å². The molecule has 3 aromatic rings. The van der Waals surface area contributed by atoms with E-state index in [-0.39, 0.29) is 5.91 Å². The summed E-state index contributed by atoms with van der Waals surface area (Å²) < 4.78 is 10.6. The van der Waals surface area contributed by atoms with Crippen LogP contribution in [-0.4, -0.2) is 36.5 Å². The van der Waals surface area contributed by atoms with E-state index in [0.717, 1.165) is 17.5 Å². The molecule has 2 aromatic carbocycles. The van der Waals surface area contributed by atoms with E-state index in [9.17, 15) is 4.79 Å². The van der Waals surface area contributed by atoms with Gasteiger partial charge in [0.2, 0.25) is 0 Å². The fourth-order valence-corrected chi connectivity index (χ4v) is 2.65. The zero-order valence-electron chi connectivity index (χ0n) is 16.0. The van der Waals surface area contributed by atoms with Crippen molar-refractivity contribution in [1.29, 1.82) is 0 Å². The Hall–Kier alpha value is -3.61. The molecule has 0 saturated heterocycles. The Kier molecular flexibility index (Phi) is 6.06. The fourth-order valence-electron chi connectivity index (χ4n) is 2.65. The first-order valence-electron chi connectivity index (χ1n) is 8.84. The van der Waals surface area contributed by atoms with Crippen molar-refractivity contribution in [2.75, 3.05) is 14.2 Å². The Morgan fingerprint density at radius 3 is 2.61 bits per heavy atom. The molecule has 7 nitrogen and oxygen atoms in total. The second kappa shape index (κ2) is 8.85. The normalized spacial score (nSPS) is 10.8. The molecule has 1 aromatic heterocycles. The van der Waals surface area contributed by atoms with Crippen LogP contribution >= 0.6 is 0 Å². The van der Waals surface area contributed by atoms with Gasteiger partial charge in [0.05, 0.1) is 26.1 Å². The number of nitrogens with zero attached hydrogens (tertiary/aromatic N) is 2. The second-order valence-electron chi connectivity index (χ2n) is 6.03. The van der Waals surface area contributed by atoms with Crippen molar-refractivity contribution in [2.24, 2.45) is 5.10 Å². The number of hydrogen-bond acceptors (Lipinski definition) is 5. The molecule has 0 atom stereocenters. The molecule has 0 spiro atoms. The van der Waals surface area contributed by atoms with Crippen molar-refractivity contribution in [3.8, 4) is 22.8 Å². The van der Waals surface area contributed by atoms with E-state index in [1.165, 1.54) is 5.56 Å². The van der Waals surface area contributed by atoms with Gasteiger partial charge in [0.25, 0.3) is 5.91 Å². The maximum Gasteiger partial charge on any atom is 0.289 e. The number of benzene rings is 2. The number of rotatable bonds is 7. The predicted octanol–water partition coefficient (Wildman–Crippen LogP) is 3.42. The molecule has 0 radical (unpaired) electrons. The van der Waals surface area contributed by atoms with Gasteiger partial charge in [0.1, 0.15) is 17.2 Å². The van der Waals surface area contributed by atoms with E-state index in [1.807, 2.05) is 30.3 Å². The Bertz CT molecular complexity index is 978. The second-order valence-corrected chi connectivity index (χ2v) is 6.03. The number of H-pyrrole nitrogens is 1. The summed E-state index contributed by atoms with van der Waals surface area (Å²) in [6, 6.07) is 15.0. The van der Waals surface area contributed by atoms with Crippen LogP contribution in [0.1, 0.15) is 28.5 Å². The summed E-state index contributed by atoms with van der Waals surface area (Å²) in [7, 11) is 3.16. The number of amides is 1. The minimum Gasteiger partial charge on any atom is -0.497 e. The molecule has 2 N–H and O–H groups in total. The number of aryl methyl sites for hydroxylation is 1. The monoisotopic (exact) mass is 378 g/mol. The first-order valence-corrected chi connectivity index (χ1v) is 8.84. The lowest BCUT2D eigenvalue weighted by Crippen LogP contribution is -2.18. The summed E-state index contributed by atoms with van der Waals surface area (Å²) in [4.78, 5) is 12.3. The van der Waals surface area contributed by atoms with Gasteiger partial charge in [-0.1, -0.05) is 31.2 Å². The van der Waals surface area contributed by atoms with E-state index in [1.54, 1.807) is 38.6 Å². The Morgan fingerprint density at radius 1 is 1.14 bits per heavy atom. The number of hydrogen-bond donors (Lipinski definition) is 2. The number of carbonyl (C=O) groups excluding carboxylic acids is 1. The van der Waals surface area contributed by atoms with E-state index < -0.39 is 0 Å². The molecule has 0 unspecified atom stereocenters. The molecule has 1 amide bonds. The molecule has 1 heterocycles. The first-order chi connectivity index (χ1) is 13.6. The highest BCUT2D eigenvalue weighted by Gasteiger charge is 2.14. The van der Waals surface area contributed by atoms with E-state index in [2.05, 4.69) is 27.6 Å². The molecule has 3 rings (SSSR count). The van der Waals surface area contributed by atoms with Gasteiger partial charge in [-0.15, -0.1) is 0 Å². The van der Waals surface area contributed by atoms with Crippen molar-refractivity contribution in [3.63, 3.8) is 0 Å². The molecule has 28 heavy (non-hydrogen) atoms. The largest absolute Gasteiger partial charge is 0.497 e. The predicted molar refractivity (Wildman–Crippen MR) is 108 cm³/mol. The highest BCUT2D eigenvalue weighted by atomic mass is 16.5. The summed E-state index contributed by atoms with van der Waals surface area (Å²) in [5.74, 6) is 0.898. The number of methoxy groups -OCH3 is 2. The molecule has 0 aliphatic carbocycles. The molecule has 144 valence electrons. The third kappa shape index (κ3) is 4.37. The Labute approximate surface area is 163 Å². The standard InChI is InChI=1S/C21H22N4O3/c1-4-14-5-7-15(8-6-14)13-22-25-21(26)19-12-18(23-24-19)17-10-9-16(27-2)11-20(17)28-3/h5-13H,4H2,1-3H3,(H,23,24)(H,25,26)/b22-13-. The van der Waals surface area contributed by atoms with Crippen LogP contribution in [0.5, 0.6) is 11.5 Å². The molecule has 0 aliphatic heterocycles. The summed E-state index contributed by atoms with van der Waals surface area (Å²) in [6.45, 7) is 2.10. The number of ether oxygens (including phenoxy) is 2. The van der Waals surface area contributed by atoms with Crippen molar-refractivity contribution >= 4 is 12.1 Å². The molecule has 0 saturated carbocycles. The van der Waals surface area contributed by atoms with E-state index in [4.69, 9.17) is 9.47 Å². The van der Waals surface area contributed by atoms with Crippen LogP contribution in [0.25, 0.3) is 11.3 Å². The van der Waals surface area contributed by atoms with E-state index >= 15 is 0 Å². The van der Waals surface area contributed by atoms with Crippen molar-refractivity contribution in [2.45, 2.75) is 13.3 Å². The van der Waals surface area contributed by atoms with Crippen molar-refractivity contribution in [3.05, 3.63) is 65.4 Å². The van der Waals surface area contributed by atoms with Gasteiger partial charge in [-0.3, -0.25) is 9.89 Å². The van der Waals surface area contributed by atoms with Gasteiger partial charge >= 0.3 is 0 Å². The maximum absolute atomic E-state index is 12.3. The molecule has 0 fully saturated rings. The van der Waals surface area contributed by atoms with Crippen molar-refractivity contribution in [1.82, 2.24) is 15.6 Å². The van der Waals surface area contributed by atoms with Crippen LogP contribution in [0.2, 0.25) is 0 Å². The summed E-state index contributed by atoms with van der Waals surface area (Å²) in [5.41, 5.74) is 6.29. The van der Waals surface area contributed by atoms with Crippen LogP contribution in [0.3, 0.4) is 0 Å². The Balaban J connectivity index is 1.69. The number of carbonyl (C=O) groups is 1. The summed E-state index contributed by atoms with van der Waals surface area (Å²) in [6.07, 6.45) is 2.58. The third-order valence-corrected chi connectivity index (χ3v) is 4.27. The molecule has 0 aliphatic rings. The molecular formula is C21H22N4O3. The number of aromatic amines is 1. The minimum atomic E-state index is -0.382. The van der Waals surface area contributed by atoms with Gasteiger partial charge < -0.3 is 9.47 Å². The van der Waals surface area contributed by atoms with E-state index in [0.29, 0.717) is 22.9 Å². The lowest BCUT2D eigenvalue weighted by atomic mass is 10.1. The lowest BCUT2D eigenvalue weighted by Gasteiger charge is -2.08. The average Bonchev–Trinajstić information content (AvgIpc) is 3.23. The maximum atomic E-state index is 12.3. The lowest BCUT2D eigenvalue weighted by molar-refractivity contribution is 0.0950. The zero-order chi connectivity index (χ0) is 19.9. The highest BCUT2D eigenvalue weighted by molar-refractivity contribution is 5.94. The summed E-state index contributed by atoms with van der Waals surface area (Å²) >= 11 is 0. The van der Waals surface area contributed by atoms with Crippen LogP contribution in [-0.2, 0) is 6.42 Å². The fraction of sp³-hybridized carbons (Fsp3) is 0.190. The summed E-state index contributed by atoms with van der Waals surface area (Å²) in [5, 5.41) is 10.9. The van der Waals surface area contributed by atoms with Gasteiger partial charge in [-0.25, -0.2) is 5.43 Å². The minimum absolute atomic E-state index is 0.298. The number of nitrogens with one attached hydrogen (secondary N) is 2. The quantitative estimate of drug-likeness (QED) is 0.487. The average molecular weight is 378 g/mol. The smallest absolute Gasteiger partial charge is 0.289 e. The van der Waals surface area contributed by atoms with Crippen LogP contribution in [0.4, 0.5) is 0 Å². The third-order valence-electron chi connectivity index (χ3n) is 4.27. The molecule has 0 bridgehead atoms. The SMILES string of the molecule is CCc1ccc(/C=N\NC(=O)c2cc(-c3ccc(OC)cc3OC)n[nH]2)cc1. The van der Waals surface area contributed by atoms with Gasteiger partial charge in [-0.2, -0.15) is 10.2 Å². The van der Waals surface area contributed by atoms with Crippen molar-refractivity contribution < 1.29 is 14.3 Å². The van der Waals surface area contributed by atoms with Crippen LogP contribution < -0.4 is 14.9 Å². The first kappa shape index (κ1) is 19.2. The number of aromatic nitrogens is 2. The highest BCUT2D eigenvalue weighted by Crippen LogP contribution is 2.32. The molecule has 7 heteroatoms. The van der Waals surface area contributed by atoms with Crippen LogP contribution in [0, 0.1) is 0 Å². The zero-order valence-corrected chi connectivity index (χ0v) is 16.0. The Morgan fingerprint density at radius 2 is 1.93 bits per heavy atom. The molecular weight excluding hydrogens is 356 g/mol. The topological polar surface area (TPSA) is 88.6 Å². The van der Waals surface area contributed by atoms with Crippen LogP contribution in [0.15, 0.2) is 53.6 Å². The van der Waals surface area contributed by atoms with Gasteiger partial charge in [-0.05, 0) is 35.7 Å².